The molecule has 2 aromatic rings. The highest BCUT2D eigenvalue weighted by Crippen LogP contribution is 2.35. The third-order valence-corrected chi connectivity index (χ3v) is 6.21. The zero-order valence-electron chi connectivity index (χ0n) is 10.6. The summed E-state index contributed by atoms with van der Waals surface area (Å²) in [5.41, 5.74) is 0.484. The van der Waals surface area contributed by atoms with Gasteiger partial charge in [0.1, 0.15) is 5.82 Å². The fraction of sp³-hybridized carbons (Fsp3) is 0.417. The van der Waals surface area contributed by atoms with E-state index in [1.807, 2.05) is 6.92 Å². The van der Waals surface area contributed by atoms with Gasteiger partial charge < -0.3 is 9.55 Å². The van der Waals surface area contributed by atoms with Gasteiger partial charge in [0.05, 0.1) is 33.1 Å². The molecule has 8 heteroatoms. The lowest BCUT2D eigenvalue weighted by Crippen LogP contribution is -2.31. The molecule has 1 saturated heterocycles. The molecule has 1 unspecified atom stereocenters. The number of H-pyrrole nitrogens is 1. The van der Waals surface area contributed by atoms with Gasteiger partial charge in [-0.1, -0.05) is 11.6 Å². The third-order valence-electron chi connectivity index (χ3n) is 3.75. The van der Waals surface area contributed by atoms with Crippen LogP contribution in [0.25, 0.3) is 11.0 Å². The summed E-state index contributed by atoms with van der Waals surface area (Å²) in [7, 11) is -3.08. The van der Waals surface area contributed by atoms with E-state index in [1.54, 1.807) is 4.57 Å². The molecule has 1 aliphatic rings. The van der Waals surface area contributed by atoms with Crippen LogP contribution in [0.5, 0.6) is 0 Å². The predicted octanol–water partition coefficient (Wildman–Crippen LogP) is 3.03. The Morgan fingerprint density at radius 3 is 2.80 bits per heavy atom. The third kappa shape index (κ3) is 2.08. The number of fused-ring (bicyclic) bond motifs is 1. The number of aromatic nitrogens is 2. The predicted molar refractivity (Wildman–Crippen MR) is 79.0 cm³/mol. The normalized spacial score (nSPS) is 25.4. The van der Waals surface area contributed by atoms with Gasteiger partial charge >= 0.3 is 0 Å². The second-order valence-corrected chi connectivity index (χ2v) is 8.37. The van der Waals surface area contributed by atoms with Crippen molar-refractivity contribution < 1.29 is 12.8 Å². The lowest BCUT2D eigenvalue weighted by molar-refractivity contribution is 0.371. The minimum Gasteiger partial charge on any atom is -0.331 e. The molecule has 1 aliphatic heterocycles. The van der Waals surface area contributed by atoms with Crippen molar-refractivity contribution in [1.82, 2.24) is 9.55 Å². The molecule has 0 spiro atoms. The van der Waals surface area contributed by atoms with Crippen LogP contribution >= 0.6 is 23.8 Å². The molecule has 0 aliphatic carbocycles. The highest BCUT2D eigenvalue weighted by atomic mass is 35.5. The first-order chi connectivity index (χ1) is 9.22. The largest absolute Gasteiger partial charge is 0.331 e. The molecule has 0 saturated carbocycles. The van der Waals surface area contributed by atoms with Crippen LogP contribution in [0.4, 0.5) is 4.39 Å². The summed E-state index contributed by atoms with van der Waals surface area (Å²) in [5.74, 6) is -0.425. The minimum absolute atomic E-state index is 0.00472. The maximum absolute atomic E-state index is 13.7. The Hall–Kier alpha value is -0.920. The summed E-state index contributed by atoms with van der Waals surface area (Å²) in [4.78, 5) is 2.96. The second-order valence-electron chi connectivity index (χ2n) is 5.39. The van der Waals surface area contributed by atoms with E-state index in [4.69, 9.17) is 23.8 Å². The number of imidazole rings is 1. The zero-order chi connectivity index (χ0) is 14.7. The lowest BCUT2D eigenvalue weighted by Gasteiger charge is -2.25. The number of rotatable bonds is 1. The maximum Gasteiger partial charge on any atom is 0.178 e. The fourth-order valence-corrected chi connectivity index (χ4v) is 5.52. The van der Waals surface area contributed by atoms with Crippen LogP contribution in [0.3, 0.4) is 0 Å². The molecule has 0 amide bonds. The number of aromatic amines is 1. The first kappa shape index (κ1) is 14.0. The first-order valence-corrected chi connectivity index (χ1v) is 8.63. The van der Waals surface area contributed by atoms with Gasteiger partial charge in [-0.05, 0) is 31.6 Å². The van der Waals surface area contributed by atoms with Crippen molar-refractivity contribution in [2.45, 2.75) is 18.9 Å². The molecule has 3 rings (SSSR count). The quantitative estimate of drug-likeness (QED) is 0.816. The van der Waals surface area contributed by atoms with Crippen LogP contribution in [0, 0.1) is 10.6 Å². The maximum atomic E-state index is 13.7. The highest BCUT2D eigenvalue weighted by Gasteiger charge is 2.41. The molecule has 0 bridgehead atoms. The molecule has 1 fully saturated rings. The van der Waals surface area contributed by atoms with Gasteiger partial charge in [0, 0.05) is 6.07 Å². The Balaban J connectivity index is 2.30. The van der Waals surface area contributed by atoms with E-state index in [-0.39, 0.29) is 16.5 Å². The number of nitrogens with zero attached hydrogens (tertiary/aromatic N) is 1. The van der Waals surface area contributed by atoms with Gasteiger partial charge in [-0.15, -0.1) is 0 Å². The van der Waals surface area contributed by atoms with Crippen LogP contribution < -0.4 is 0 Å². The van der Waals surface area contributed by atoms with Crippen LogP contribution in [0.2, 0.25) is 5.02 Å². The van der Waals surface area contributed by atoms with Crippen LogP contribution in [-0.2, 0) is 15.4 Å². The van der Waals surface area contributed by atoms with Crippen LogP contribution in [-0.4, -0.2) is 29.5 Å². The Labute approximate surface area is 125 Å². The van der Waals surface area contributed by atoms with Crippen LogP contribution in [0.1, 0.15) is 13.3 Å². The molecule has 4 nitrogen and oxygen atoms in total. The second kappa shape index (κ2) is 4.29. The van der Waals surface area contributed by atoms with Gasteiger partial charge in [0.15, 0.2) is 14.6 Å². The number of benzene rings is 1. The van der Waals surface area contributed by atoms with Gasteiger partial charge in [-0.2, -0.15) is 0 Å². The van der Waals surface area contributed by atoms with E-state index in [0.717, 1.165) is 0 Å². The van der Waals surface area contributed by atoms with Crippen molar-refractivity contribution in [3.05, 3.63) is 27.7 Å². The Kier molecular flexibility index (Phi) is 3.01. The summed E-state index contributed by atoms with van der Waals surface area (Å²) >= 11 is 11.0. The topological polar surface area (TPSA) is 54.9 Å². The van der Waals surface area contributed by atoms with Gasteiger partial charge in [-0.3, -0.25) is 0 Å². The molecule has 20 heavy (non-hydrogen) atoms. The Morgan fingerprint density at radius 1 is 1.50 bits per heavy atom. The molecule has 0 radical (unpaired) electrons. The molecule has 1 N–H and O–H groups in total. The minimum atomic E-state index is -3.08. The summed E-state index contributed by atoms with van der Waals surface area (Å²) < 4.78 is 39.3. The molecule has 1 aromatic heterocycles. The molecule has 1 aromatic carbocycles. The van der Waals surface area contributed by atoms with Gasteiger partial charge in [0.2, 0.25) is 0 Å². The summed E-state index contributed by atoms with van der Waals surface area (Å²) in [6, 6.07) is 2.76. The SMILES string of the molecule is CC1(n2c(=S)[nH]c3cc(Cl)c(F)cc32)CCS(=O)(=O)C1. The van der Waals surface area contributed by atoms with Crippen molar-refractivity contribution in [2.75, 3.05) is 11.5 Å². The molecular weight excluding hydrogens is 323 g/mol. The molecule has 1 atom stereocenters. The van der Waals surface area contributed by atoms with E-state index in [9.17, 15) is 12.8 Å². The van der Waals surface area contributed by atoms with Crippen LogP contribution in [0.15, 0.2) is 12.1 Å². The van der Waals surface area contributed by atoms with E-state index < -0.39 is 21.2 Å². The van der Waals surface area contributed by atoms with Crippen molar-refractivity contribution in [3.8, 4) is 0 Å². The average molecular weight is 335 g/mol. The Morgan fingerprint density at radius 2 is 2.20 bits per heavy atom. The summed E-state index contributed by atoms with van der Waals surface area (Å²) in [5, 5.41) is 0.00472. The number of halogens is 2. The monoisotopic (exact) mass is 334 g/mol. The van der Waals surface area contributed by atoms with E-state index in [2.05, 4.69) is 4.98 Å². The van der Waals surface area contributed by atoms with Gasteiger partial charge in [-0.25, -0.2) is 12.8 Å². The number of nitrogens with one attached hydrogen (secondary N) is 1. The van der Waals surface area contributed by atoms with Crippen molar-refractivity contribution in [2.24, 2.45) is 0 Å². The number of hydrogen-bond acceptors (Lipinski definition) is 3. The highest BCUT2D eigenvalue weighted by molar-refractivity contribution is 7.91. The van der Waals surface area contributed by atoms with Crippen molar-refractivity contribution in [3.63, 3.8) is 0 Å². The average Bonchev–Trinajstić information content (AvgIpc) is 2.77. The number of hydrogen-bond donors (Lipinski definition) is 1. The van der Waals surface area contributed by atoms with Crippen molar-refractivity contribution in [1.29, 1.82) is 0 Å². The fourth-order valence-electron chi connectivity index (χ4n) is 2.81. The van der Waals surface area contributed by atoms with E-state index in [1.165, 1.54) is 12.1 Å². The lowest BCUT2D eigenvalue weighted by atomic mass is 10.0. The smallest absolute Gasteiger partial charge is 0.178 e. The first-order valence-electron chi connectivity index (χ1n) is 6.03. The van der Waals surface area contributed by atoms with Crippen molar-refractivity contribution >= 4 is 44.7 Å². The standard InChI is InChI=1S/C12H12ClFN2O2S2/c1-12(2-3-20(17,18)6-12)16-10-5-8(14)7(13)4-9(10)15-11(16)19/h4-5H,2-3,6H2,1H3,(H,15,19). The zero-order valence-corrected chi connectivity index (χ0v) is 13.0. The molecule has 108 valence electrons. The van der Waals surface area contributed by atoms with E-state index in [0.29, 0.717) is 22.2 Å². The summed E-state index contributed by atoms with van der Waals surface area (Å²) in [6.07, 6.45) is 0.459. The molecular formula is C12H12ClFN2O2S2. The Bertz CT molecular complexity index is 871. The van der Waals surface area contributed by atoms with E-state index >= 15 is 0 Å². The number of sulfone groups is 1. The van der Waals surface area contributed by atoms with Gasteiger partial charge in [0.25, 0.3) is 0 Å². The molecule has 2 heterocycles. The summed E-state index contributed by atoms with van der Waals surface area (Å²) in [6.45, 7) is 1.83.